The van der Waals surface area contributed by atoms with Crippen molar-refractivity contribution in [1.82, 2.24) is 0 Å². The highest BCUT2D eigenvalue weighted by molar-refractivity contribution is 9.10. The summed E-state index contributed by atoms with van der Waals surface area (Å²) >= 11 is 3.26. The van der Waals surface area contributed by atoms with E-state index in [1.54, 1.807) is 18.2 Å². The summed E-state index contributed by atoms with van der Waals surface area (Å²) in [6.07, 6.45) is 0. The third-order valence-electron chi connectivity index (χ3n) is 4.63. The Balaban J connectivity index is 1.52. The van der Waals surface area contributed by atoms with Gasteiger partial charge in [-0.2, -0.15) is 0 Å². The van der Waals surface area contributed by atoms with Crippen LogP contribution in [0.2, 0.25) is 0 Å². The number of benzene rings is 4. The monoisotopic (exact) mass is 450 g/mol. The Hall–Kier alpha value is -2.98. The summed E-state index contributed by atoms with van der Waals surface area (Å²) in [5.41, 5.74) is 3.85. The van der Waals surface area contributed by atoms with Gasteiger partial charge in [0.15, 0.2) is 11.6 Å². The summed E-state index contributed by atoms with van der Waals surface area (Å²) in [5, 5.41) is 0. The molecule has 0 bridgehead atoms. The summed E-state index contributed by atoms with van der Waals surface area (Å²) in [6.45, 7) is 0.310. The molecule has 29 heavy (non-hydrogen) atoms. The minimum Gasteiger partial charge on any atom is -0.486 e. The molecule has 0 fully saturated rings. The molecule has 0 unspecified atom stereocenters. The van der Waals surface area contributed by atoms with E-state index in [1.807, 2.05) is 60.7 Å². The summed E-state index contributed by atoms with van der Waals surface area (Å²) in [7, 11) is 0. The molecule has 0 saturated heterocycles. The molecule has 144 valence electrons. The van der Waals surface area contributed by atoms with E-state index in [4.69, 9.17) is 4.74 Å². The molecule has 0 saturated carbocycles. The van der Waals surface area contributed by atoms with Gasteiger partial charge in [-0.1, -0.05) is 82.7 Å². The van der Waals surface area contributed by atoms with Crippen LogP contribution in [0.1, 0.15) is 5.56 Å². The van der Waals surface area contributed by atoms with Crippen molar-refractivity contribution in [3.05, 3.63) is 113 Å². The zero-order chi connectivity index (χ0) is 20.2. The van der Waals surface area contributed by atoms with Gasteiger partial charge >= 0.3 is 0 Å². The maximum atomic E-state index is 14.5. The van der Waals surface area contributed by atoms with Crippen LogP contribution in [-0.4, -0.2) is 0 Å². The van der Waals surface area contributed by atoms with E-state index >= 15 is 0 Å². The molecule has 0 N–H and O–H groups in total. The Morgan fingerprint density at radius 2 is 1.34 bits per heavy atom. The zero-order valence-corrected chi connectivity index (χ0v) is 17.0. The molecular formula is C25H17BrF2O. The van der Waals surface area contributed by atoms with Crippen LogP contribution >= 0.6 is 15.9 Å². The van der Waals surface area contributed by atoms with Crippen LogP contribution in [0.5, 0.6) is 5.75 Å². The van der Waals surface area contributed by atoms with Crippen LogP contribution in [0, 0.1) is 11.6 Å². The van der Waals surface area contributed by atoms with E-state index in [1.165, 1.54) is 12.1 Å². The van der Waals surface area contributed by atoms with Crippen molar-refractivity contribution in [3.8, 4) is 28.0 Å². The fourth-order valence-corrected chi connectivity index (χ4v) is 3.43. The fraction of sp³-hybridized carbons (Fsp3) is 0.0400. The minimum atomic E-state index is -0.415. The lowest BCUT2D eigenvalue weighted by Gasteiger charge is -2.10. The Kier molecular flexibility index (Phi) is 5.72. The summed E-state index contributed by atoms with van der Waals surface area (Å²) < 4.78 is 34.9. The molecule has 4 aromatic carbocycles. The molecule has 4 heteroatoms. The molecule has 0 radical (unpaired) electrons. The molecule has 0 atom stereocenters. The SMILES string of the molecule is Fc1cc(-c2ccc(-c3ccc(Br)cc3F)cc2)ccc1OCc1ccccc1. The van der Waals surface area contributed by atoms with E-state index < -0.39 is 5.82 Å². The van der Waals surface area contributed by atoms with Crippen molar-refractivity contribution in [2.75, 3.05) is 0 Å². The second-order valence-corrected chi connectivity index (χ2v) is 7.54. The van der Waals surface area contributed by atoms with E-state index in [0.717, 1.165) is 22.3 Å². The molecule has 0 aliphatic rings. The van der Waals surface area contributed by atoms with Crippen LogP contribution in [0.3, 0.4) is 0 Å². The van der Waals surface area contributed by atoms with Crippen LogP contribution in [0.25, 0.3) is 22.3 Å². The smallest absolute Gasteiger partial charge is 0.165 e. The van der Waals surface area contributed by atoms with Gasteiger partial charge in [0.05, 0.1) is 0 Å². The summed E-state index contributed by atoms with van der Waals surface area (Å²) in [6, 6.07) is 26.9. The van der Waals surface area contributed by atoms with Gasteiger partial charge < -0.3 is 4.74 Å². The first-order valence-electron chi connectivity index (χ1n) is 9.12. The fourth-order valence-electron chi connectivity index (χ4n) is 3.10. The average molecular weight is 451 g/mol. The second kappa shape index (κ2) is 8.58. The van der Waals surface area contributed by atoms with Gasteiger partial charge in [-0.15, -0.1) is 0 Å². The standard InChI is InChI=1S/C25H17BrF2O/c26-21-11-12-22(23(27)15-21)19-8-6-18(7-9-19)20-10-13-25(24(28)14-20)29-16-17-4-2-1-3-5-17/h1-15H,16H2. The van der Waals surface area contributed by atoms with E-state index in [2.05, 4.69) is 15.9 Å². The number of ether oxygens (including phenoxy) is 1. The second-order valence-electron chi connectivity index (χ2n) is 6.62. The van der Waals surface area contributed by atoms with Crippen LogP contribution in [-0.2, 0) is 6.61 Å². The molecule has 0 heterocycles. The van der Waals surface area contributed by atoms with Crippen LogP contribution in [0.4, 0.5) is 8.78 Å². The van der Waals surface area contributed by atoms with Gasteiger partial charge in [0, 0.05) is 10.0 Å². The molecule has 0 aliphatic carbocycles. The van der Waals surface area contributed by atoms with Crippen molar-refractivity contribution in [2.45, 2.75) is 6.61 Å². The first-order chi connectivity index (χ1) is 14.1. The predicted octanol–water partition coefficient (Wildman–Crippen LogP) is 7.64. The topological polar surface area (TPSA) is 9.23 Å². The van der Waals surface area contributed by atoms with Crippen LogP contribution in [0.15, 0.2) is 95.5 Å². The van der Waals surface area contributed by atoms with E-state index in [0.29, 0.717) is 16.6 Å². The number of hydrogen-bond donors (Lipinski definition) is 0. The van der Waals surface area contributed by atoms with Crippen molar-refractivity contribution in [1.29, 1.82) is 0 Å². The third kappa shape index (κ3) is 4.54. The van der Waals surface area contributed by atoms with Gasteiger partial charge in [-0.3, -0.25) is 0 Å². The quantitative estimate of drug-likeness (QED) is 0.303. The normalized spacial score (nSPS) is 10.7. The summed E-state index contributed by atoms with van der Waals surface area (Å²) in [4.78, 5) is 0. The molecule has 0 aromatic heterocycles. The highest BCUT2D eigenvalue weighted by atomic mass is 79.9. The molecule has 4 aromatic rings. The van der Waals surface area contributed by atoms with Gasteiger partial charge in [0.1, 0.15) is 12.4 Å². The molecule has 1 nitrogen and oxygen atoms in total. The van der Waals surface area contributed by atoms with Crippen molar-refractivity contribution in [3.63, 3.8) is 0 Å². The molecule has 4 rings (SSSR count). The maximum Gasteiger partial charge on any atom is 0.165 e. The molecule has 0 amide bonds. The minimum absolute atomic E-state index is 0.214. The number of rotatable bonds is 5. The highest BCUT2D eigenvalue weighted by Gasteiger charge is 2.09. The average Bonchev–Trinajstić information content (AvgIpc) is 2.74. The summed E-state index contributed by atoms with van der Waals surface area (Å²) in [5.74, 6) is -0.495. The lowest BCUT2D eigenvalue weighted by atomic mass is 10.00. The van der Waals surface area contributed by atoms with Gasteiger partial charge in [-0.25, -0.2) is 8.78 Å². The molecule has 0 aliphatic heterocycles. The Bertz CT molecular complexity index is 1130. The Morgan fingerprint density at radius 1 is 0.655 bits per heavy atom. The molecular weight excluding hydrogens is 434 g/mol. The van der Waals surface area contributed by atoms with E-state index in [-0.39, 0.29) is 11.6 Å². The molecule has 0 spiro atoms. The first-order valence-corrected chi connectivity index (χ1v) is 9.91. The van der Waals surface area contributed by atoms with Gasteiger partial charge in [0.2, 0.25) is 0 Å². The highest BCUT2D eigenvalue weighted by Crippen LogP contribution is 2.30. The van der Waals surface area contributed by atoms with Crippen molar-refractivity contribution in [2.24, 2.45) is 0 Å². The Labute approximate surface area is 176 Å². The van der Waals surface area contributed by atoms with Crippen molar-refractivity contribution >= 4 is 15.9 Å². The third-order valence-corrected chi connectivity index (χ3v) is 5.12. The lowest BCUT2D eigenvalue weighted by Crippen LogP contribution is -1.97. The maximum absolute atomic E-state index is 14.5. The number of hydrogen-bond acceptors (Lipinski definition) is 1. The predicted molar refractivity (Wildman–Crippen MR) is 116 cm³/mol. The van der Waals surface area contributed by atoms with Crippen LogP contribution < -0.4 is 4.74 Å². The largest absolute Gasteiger partial charge is 0.486 e. The lowest BCUT2D eigenvalue weighted by molar-refractivity contribution is 0.290. The first kappa shape index (κ1) is 19.3. The number of halogens is 3. The zero-order valence-electron chi connectivity index (χ0n) is 15.4. The Morgan fingerprint density at radius 3 is 2.03 bits per heavy atom. The van der Waals surface area contributed by atoms with Gasteiger partial charge in [-0.05, 0) is 46.5 Å². The van der Waals surface area contributed by atoms with Crippen molar-refractivity contribution < 1.29 is 13.5 Å². The van der Waals surface area contributed by atoms with E-state index in [9.17, 15) is 8.78 Å². The van der Waals surface area contributed by atoms with Gasteiger partial charge in [0.25, 0.3) is 0 Å².